The Labute approximate surface area is 124 Å². The quantitative estimate of drug-likeness (QED) is 0.775. The molecule has 21 heavy (non-hydrogen) atoms. The van der Waals surface area contributed by atoms with E-state index in [0.717, 1.165) is 6.54 Å². The van der Waals surface area contributed by atoms with Gasteiger partial charge >= 0.3 is 5.97 Å². The van der Waals surface area contributed by atoms with E-state index in [1.165, 1.54) is 22.5 Å². The average molecular weight is 313 g/mol. The molecule has 1 heterocycles. The third-order valence-electron chi connectivity index (χ3n) is 3.63. The van der Waals surface area contributed by atoms with Crippen molar-refractivity contribution in [3.8, 4) is 0 Å². The fourth-order valence-corrected chi connectivity index (χ4v) is 3.99. The van der Waals surface area contributed by atoms with Gasteiger partial charge in [-0.15, -0.1) is 0 Å². The first-order valence-corrected chi connectivity index (χ1v) is 8.15. The first kappa shape index (κ1) is 15.7. The summed E-state index contributed by atoms with van der Waals surface area (Å²) in [5, 5.41) is 9.17. The number of hydrogen-bond donors (Lipinski definition) is 2. The summed E-state index contributed by atoms with van der Waals surface area (Å²) in [6.45, 7) is 4.87. The SMILES string of the molecule is CCN1CCN(S(=O)(=O)c2cc(N)ccc2C(=O)O)CC1. The van der Waals surface area contributed by atoms with Crippen LogP contribution in [0.15, 0.2) is 23.1 Å². The molecule has 0 saturated carbocycles. The second-order valence-corrected chi connectivity index (χ2v) is 6.81. The fourth-order valence-electron chi connectivity index (χ4n) is 2.35. The van der Waals surface area contributed by atoms with E-state index in [1.807, 2.05) is 6.92 Å². The number of sulfonamides is 1. The Morgan fingerprint density at radius 3 is 2.43 bits per heavy atom. The number of nitrogens with two attached hydrogens (primary N) is 1. The number of nitrogen functional groups attached to an aromatic ring is 1. The molecule has 0 aliphatic carbocycles. The number of carboxylic acids is 1. The predicted octanol–water partition coefficient (Wildman–Crippen LogP) is 0.293. The van der Waals surface area contributed by atoms with Gasteiger partial charge < -0.3 is 15.7 Å². The van der Waals surface area contributed by atoms with Crippen molar-refractivity contribution in [1.82, 2.24) is 9.21 Å². The topological polar surface area (TPSA) is 104 Å². The highest BCUT2D eigenvalue weighted by molar-refractivity contribution is 7.89. The number of rotatable bonds is 4. The lowest BCUT2D eigenvalue weighted by Gasteiger charge is -2.33. The molecule has 0 radical (unpaired) electrons. The number of hydrogen-bond acceptors (Lipinski definition) is 5. The maximum Gasteiger partial charge on any atom is 0.337 e. The summed E-state index contributed by atoms with van der Waals surface area (Å²) >= 11 is 0. The zero-order valence-electron chi connectivity index (χ0n) is 11.8. The summed E-state index contributed by atoms with van der Waals surface area (Å²) in [7, 11) is -3.85. The molecule has 0 aromatic heterocycles. The van der Waals surface area contributed by atoms with Crippen LogP contribution in [0.25, 0.3) is 0 Å². The normalized spacial score (nSPS) is 17.8. The summed E-state index contributed by atoms with van der Waals surface area (Å²) in [5.74, 6) is -1.28. The second-order valence-electron chi connectivity index (χ2n) is 4.90. The second kappa shape index (κ2) is 6.00. The van der Waals surface area contributed by atoms with Gasteiger partial charge in [0, 0.05) is 31.9 Å². The van der Waals surface area contributed by atoms with Gasteiger partial charge in [-0.3, -0.25) is 0 Å². The van der Waals surface area contributed by atoms with Gasteiger partial charge in [-0.25, -0.2) is 13.2 Å². The Bertz CT molecular complexity index is 637. The van der Waals surface area contributed by atoms with Crippen LogP contribution < -0.4 is 5.73 Å². The molecule has 8 heteroatoms. The summed E-state index contributed by atoms with van der Waals surface area (Å²) in [6, 6.07) is 3.83. The van der Waals surface area contributed by atoms with E-state index in [9.17, 15) is 13.2 Å². The molecule has 0 unspecified atom stereocenters. The van der Waals surface area contributed by atoms with Crippen molar-refractivity contribution < 1.29 is 18.3 Å². The van der Waals surface area contributed by atoms with Crippen molar-refractivity contribution in [2.75, 3.05) is 38.5 Å². The molecule has 0 spiro atoms. The minimum Gasteiger partial charge on any atom is -0.478 e. The average Bonchev–Trinajstić information content (AvgIpc) is 2.47. The number of piperazine rings is 1. The minimum absolute atomic E-state index is 0.228. The number of anilines is 1. The fraction of sp³-hybridized carbons (Fsp3) is 0.462. The molecule has 1 aromatic rings. The molecular formula is C13H19N3O4S. The van der Waals surface area contributed by atoms with Crippen LogP contribution in [-0.2, 0) is 10.0 Å². The van der Waals surface area contributed by atoms with Gasteiger partial charge in [-0.1, -0.05) is 6.92 Å². The lowest BCUT2D eigenvalue weighted by molar-refractivity contribution is 0.0692. The summed E-state index contributed by atoms with van der Waals surface area (Å²) in [6.07, 6.45) is 0. The molecule has 0 bridgehead atoms. The molecule has 2 rings (SSSR count). The van der Waals surface area contributed by atoms with Gasteiger partial charge in [0.05, 0.1) is 10.5 Å². The molecule has 7 nitrogen and oxygen atoms in total. The van der Waals surface area contributed by atoms with Crippen LogP contribution in [-0.4, -0.2) is 61.4 Å². The number of likely N-dealkylation sites (N-methyl/N-ethyl adjacent to an activating group) is 1. The number of aromatic carboxylic acids is 1. The van der Waals surface area contributed by atoms with Crippen LogP contribution in [0.2, 0.25) is 0 Å². The van der Waals surface area contributed by atoms with E-state index in [2.05, 4.69) is 4.90 Å². The molecule has 116 valence electrons. The van der Waals surface area contributed by atoms with Gasteiger partial charge in [-0.2, -0.15) is 4.31 Å². The van der Waals surface area contributed by atoms with Gasteiger partial charge in [0.2, 0.25) is 10.0 Å². The summed E-state index contributed by atoms with van der Waals surface area (Å²) in [5.41, 5.74) is 5.59. The molecular weight excluding hydrogens is 294 g/mol. The van der Waals surface area contributed by atoms with Crippen molar-refractivity contribution in [1.29, 1.82) is 0 Å². The third-order valence-corrected chi connectivity index (χ3v) is 5.57. The highest BCUT2D eigenvalue weighted by Crippen LogP contribution is 2.24. The Hall–Kier alpha value is -1.64. The smallest absolute Gasteiger partial charge is 0.337 e. The summed E-state index contributed by atoms with van der Waals surface area (Å²) in [4.78, 5) is 13.1. The van der Waals surface area contributed by atoms with Gasteiger partial charge in [-0.05, 0) is 24.7 Å². The zero-order chi connectivity index (χ0) is 15.6. The Kier molecular flexibility index (Phi) is 4.50. The van der Waals surface area contributed by atoms with Crippen molar-refractivity contribution in [3.63, 3.8) is 0 Å². The van der Waals surface area contributed by atoms with Crippen LogP contribution in [0.4, 0.5) is 5.69 Å². The minimum atomic E-state index is -3.85. The van der Waals surface area contributed by atoms with Gasteiger partial charge in [0.25, 0.3) is 0 Å². The van der Waals surface area contributed by atoms with Crippen LogP contribution in [0, 0.1) is 0 Å². The first-order valence-electron chi connectivity index (χ1n) is 6.71. The lowest BCUT2D eigenvalue weighted by atomic mass is 10.2. The zero-order valence-corrected chi connectivity index (χ0v) is 12.6. The van der Waals surface area contributed by atoms with Crippen molar-refractivity contribution in [3.05, 3.63) is 23.8 Å². The first-order chi connectivity index (χ1) is 9.86. The van der Waals surface area contributed by atoms with Crippen molar-refractivity contribution in [2.24, 2.45) is 0 Å². The van der Waals surface area contributed by atoms with Crippen LogP contribution >= 0.6 is 0 Å². The number of carboxylic acid groups (broad SMARTS) is 1. The number of nitrogens with zero attached hydrogens (tertiary/aromatic N) is 2. The van der Waals surface area contributed by atoms with E-state index in [1.54, 1.807) is 0 Å². The Morgan fingerprint density at radius 2 is 1.90 bits per heavy atom. The maximum atomic E-state index is 12.6. The highest BCUT2D eigenvalue weighted by Gasteiger charge is 2.31. The molecule has 0 amide bonds. The van der Waals surface area contributed by atoms with Crippen molar-refractivity contribution >= 4 is 21.7 Å². The molecule has 3 N–H and O–H groups in total. The molecule has 1 aliphatic heterocycles. The maximum absolute atomic E-state index is 12.6. The standard InChI is InChI=1S/C13H19N3O4S/c1-2-15-5-7-16(8-6-15)21(19,20)12-9-10(14)3-4-11(12)13(17)18/h3-4,9H,2,5-8,14H2,1H3,(H,17,18). The highest BCUT2D eigenvalue weighted by atomic mass is 32.2. The van der Waals surface area contributed by atoms with Gasteiger partial charge in [0.15, 0.2) is 0 Å². The number of benzene rings is 1. The molecule has 0 atom stereocenters. The number of carbonyl (C=O) groups is 1. The van der Waals surface area contributed by atoms with E-state index in [0.29, 0.717) is 26.2 Å². The predicted molar refractivity (Wildman–Crippen MR) is 78.7 cm³/mol. The van der Waals surface area contributed by atoms with Gasteiger partial charge in [0.1, 0.15) is 0 Å². The van der Waals surface area contributed by atoms with E-state index in [-0.39, 0.29) is 16.1 Å². The van der Waals surface area contributed by atoms with Crippen molar-refractivity contribution in [2.45, 2.75) is 11.8 Å². The molecule has 1 aliphatic rings. The van der Waals surface area contributed by atoms with E-state index in [4.69, 9.17) is 10.8 Å². The Balaban J connectivity index is 2.36. The van der Waals surface area contributed by atoms with Crippen LogP contribution in [0.5, 0.6) is 0 Å². The van der Waals surface area contributed by atoms with E-state index < -0.39 is 16.0 Å². The molecule has 1 fully saturated rings. The van der Waals surface area contributed by atoms with E-state index >= 15 is 0 Å². The summed E-state index contributed by atoms with van der Waals surface area (Å²) < 4.78 is 26.6. The monoisotopic (exact) mass is 313 g/mol. The molecule has 1 aromatic carbocycles. The Morgan fingerprint density at radius 1 is 1.29 bits per heavy atom. The lowest BCUT2D eigenvalue weighted by Crippen LogP contribution is -2.48. The molecule has 1 saturated heterocycles. The van der Waals surface area contributed by atoms with Crippen LogP contribution in [0.1, 0.15) is 17.3 Å². The largest absolute Gasteiger partial charge is 0.478 e. The van der Waals surface area contributed by atoms with Crippen LogP contribution in [0.3, 0.4) is 0 Å². The third kappa shape index (κ3) is 3.17.